The van der Waals surface area contributed by atoms with Crippen LogP contribution < -0.4 is 5.73 Å². The van der Waals surface area contributed by atoms with E-state index in [-0.39, 0.29) is 22.8 Å². The zero-order chi connectivity index (χ0) is 21.5. The van der Waals surface area contributed by atoms with Crippen molar-refractivity contribution in [1.29, 1.82) is 0 Å². The molecule has 7 heteroatoms. The molecule has 1 aliphatic rings. The van der Waals surface area contributed by atoms with Crippen LogP contribution in [-0.4, -0.2) is 43.0 Å². The monoisotopic (exact) mass is 410 g/mol. The number of hydroxylamine groups is 2. The summed E-state index contributed by atoms with van der Waals surface area (Å²) in [5.41, 5.74) is 8.29. The lowest BCUT2D eigenvalue weighted by atomic mass is 9.89. The van der Waals surface area contributed by atoms with E-state index in [0.29, 0.717) is 38.9 Å². The lowest BCUT2D eigenvalue weighted by Crippen LogP contribution is -2.38. The van der Waals surface area contributed by atoms with Crippen LogP contribution in [0.4, 0.5) is 0 Å². The van der Waals surface area contributed by atoms with E-state index in [4.69, 9.17) is 10.6 Å². The number of benzene rings is 2. The molecule has 30 heavy (non-hydrogen) atoms. The topological polar surface area (TPSA) is 98.9 Å². The number of ketones is 1. The third kappa shape index (κ3) is 5.31. The minimum absolute atomic E-state index is 0.0616. The molecule has 3 rings (SSSR count). The van der Waals surface area contributed by atoms with Gasteiger partial charge < -0.3 is 15.3 Å². The fourth-order valence-electron chi connectivity index (χ4n) is 3.59. The summed E-state index contributed by atoms with van der Waals surface area (Å²) in [4.78, 5) is 42.2. The number of hydrogen-bond donors (Lipinski definition) is 1. The predicted octanol–water partition coefficient (Wildman–Crippen LogP) is 2.53. The zero-order valence-electron chi connectivity index (χ0n) is 17.0. The summed E-state index contributed by atoms with van der Waals surface area (Å²) < 4.78 is 4.67. The van der Waals surface area contributed by atoms with Crippen LogP contribution in [0, 0.1) is 5.92 Å². The number of piperidine rings is 1. The van der Waals surface area contributed by atoms with E-state index >= 15 is 0 Å². The summed E-state index contributed by atoms with van der Waals surface area (Å²) in [6.07, 6.45) is 1.62. The van der Waals surface area contributed by atoms with Crippen molar-refractivity contribution in [2.45, 2.75) is 25.8 Å². The molecule has 0 aromatic heterocycles. The summed E-state index contributed by atoms with van der Waals surface area (Å²) in [5, 5.41) is 1.57. The fourth-order valence-corrected chi connectivity index (χ4v) is 3.59. The van der Waals surface area contributed by atoms with E-state index < -0.39 is 11.9 Å². The number of esters is 1. The third-order valence-corrected chi connectivity index (χ3v) is 5.34. The van der Waals surface area contributed by atoms with Gasteiger partial charge >= 0.3 is 11.9 Å². The molecule has 2 aromatic rings. The smallest absolute Gasteiger partial charge is 0.357 e. The second kappa shape index (κ2) is 10.1. The number of hydrogen-bond acceptors (Lipinski definition) is 7. The van der Waals surface area contributed by atoms with Gasteiger partial charge in [0.25, 0.3) is 0 Å². The molecule has 158 valence electrons. The average molecular weight is 410 g/mol. The molecule has 1 heterocycles. The first-order valence-corrected chi connectivity index (χ1v) is 9.97. The van der Waals surface area contributed by atoms with Gasteiger partial charge in [-0.25, -0.2) is 9.59 Å². The first kappa shape index (κ1) is 21.7. The van der Waals surface area contributed by atoms with Crippen molar-refractivity contribution in [2.24, 2.45) is 11.7 Å². The highest BCUT2D eigenvalue weighted by molar-refractivity contribution is 5.95. The highest BCUT2D eigenvalue weighted by Gasteiger charge is 2.27. The van der Waals surface area contributed by atoms with E-state index in [1.165, 1.54) is 13.2 Å². The van der Waals surface area contributed by atoms with Crippen LogP contribution in [0.3, 0.4) is 0 Å². The van der Waals surface area contributed by atoms with Crippen molar-refractivity contribution in [3.05, 3.63) is 70.8 Å². The van der Waals surface area contributed by atoms with Crippen LogP contribution in [0.1, 0.15) is 44.7 Å². The van der Waals surface area contributed by atoms with Crippen LogP contribution in [0.5, 0.6) is 0 Å². The molecule has 1 saturated heterocycles. The second-order valence-corrected chi connectivity index (χ2v) is 7.27. The molecule has 0 spiro atoms. The lowest BCUT2D eigenvalue weighted by Gasteiger charge is -2.29. The number of carbonyl (C=O) groups excluding carboxylic acids is 3. The molecular formula is C23H26N2O5. The zero-order valence-corrected chi connectivity index (χ0v) is 17.0. The van der Waals surface area contributed by atoms with Gasteiger partial charge in [-0.15, -0.1) is 5.06 Å². The van der Waals surface area contributed by atoms with Gasteiger partial charge in [-0.3, -0.25) is 4.79 Å². The normalized spacial score (nSPS) is 14.9. The molecule has 0 atom stereocenters. The first-order chi connectivity index (χ1) is 14.5. The fraction of sp³-hybridized carbons (Fsp3) is 0.348. The Bertz CT molecular complexity index is 919. The Kier molecular flexibility index (Phi) is 7.32. The number of nitrogens with zero attached hydrogens (tertiary/aromatic N) is 1. The first-order valence-electron chi connectivity index (χ1n) is 9.97. The van der Waals surface area contributed by atoms with Crippen molar-refractivity contribution in [2.75, 3.05) is 20.2 Å². The summed E-state index contributed by atoms with van der Waals surface area (Å²) in [6.45, 7) is 1.38. The molecule has 0 radical (unpaired) electrons. The Morgan fingerprint density at radius 1 is 0.967 bits per heavy atom. The van der Waals surface area contributed by atoms with Crippen LogP contribution in [0.15, 0.2) is 48.5 Å². The van der Waals surface area contributed by atoms with E-state index in [9.17, 15) is 14.4 Å². The lowest BCUT2D eigenvalue weighted by molar-refractivity contribution is -0.138. The highest BCUT2D eigenvalue weighted by Crippen LogP contribution is 2.22. The molecule has 0 amide bonds. The summed E-state index contributed by atoms with van der Waals surface area (Å²) in [5.74, 6) is -0.927. The maximum atomic E-state index is 12.7. The molecule has 0 saturated carbocycles. The van der Waals surface area contributed by atoms with Crippen LogP contribution in [0.2, 0.25) is 0 Å². The molecule has 1 aliphatic heterocycles. The summed E-state index contributed by atoms with van der Waals surface area (Å²) in [6, 6.07) is 13.9. The molecule has 0 aliphatic carbocycles. The second-order valence-electron chi connectivity index (χ2n) is 7.27. The average Bonchev–Trinajstić information content (AvgIpc) is 2.79. The van der Waals surface area contributed by atoms with Crippen molar-refractivity contribution < 1.29 is 24.0 Å². The van der Waals surface area contributed by atoms with E-state index in [2.05, 4.69) is 4.74 Å². The van der Waals surface area contributed by atoms with E-state index in [1.54, 1.807) is 23.3 Å². The molecule has 2 aromatic carbocycles. The maximum Gasteiger partial charge on any atom is 0.357 e. The van der Waals surface area contributed by atoms with Gasteiger partial charge in [0.05, 0.1) is 18.2 Å². The standard InChI is InChI=1S/C23H26N2O5/c1-29-22(27)18-7-4-8-19(13-18)23(28)30-25-11-9-16(10-12-25)21(26)14-17-5-2-3-6-20(17)15-24/h2-8,13,16H,9-12,14-15,24H2,1H3. The van der Waals surface area contributed by atoms with Gasteiger partial charge in [-0.1, -0.05) is 30.3 Å². The van der Waals surface area contributed by atoms with Crippen LogP contribution >= 0.6 is 0 Å². The Morgan fingerprint density at radius 3 is 2.23 bits per heavy atom. The quantitative estimate of drug-likeness (QED) is 0.700. The highest BCUT2D eigenvalue weighted by atomic mass is 16.7. The van der Waals surface area contributed by atoms with Crippen molar-refractivity contribution in [1.82, 2.24) is 5.06 Å². The number of rotatable bonds is 7. The van der Waals surface area contributed by atoms with Crippen molar-refractivity contribution in [3.8, 4) is 0 Å². The predicted molar refractivity (Wildman–Crippen MR) is 111 cm³/mol. The Labute approximate surface area is 175 Å². The van der Waals surface area contributed by atoms with E-state index in [1.807, 2.05) is 24.3 Å². The minimum atomic E-state index is -0.539. The maximum absolute atomic E-state index is 12.7. The number of methoxy groups -OCH3 is 1. The van der Waals surface area contributed by atoms with Crippen molar-refractivity contribution in [3.63, 3.8) is 0 Å². The largest absolute Gasteiger partial charge is 0.465 e. The number of ether oxygens (including phenoxy) is 1. The van der Waals surface area contributed by atoms with Gasteiger partial charge in [-0.2, -0.15) is 0 Å². The van der Waals surface area contributed by atoms with Gasteiger partial charge in [0.1, 0.15) is 5.78 Å². The molecule has 7 nitrogen and oxygen atoms in total. The molecule has 0 unspecified atom stereocenters. The van der Waals surface area contributed by atoms with Gasteiger partial charge in [0.15, 0.2) is 0 Å². The Morgan fingerprint density at radius 2 is 1.60 bits per heavy atom. The SMILES string of the molecule is COC(=O)c1cccc(C(=O)ON2CCC(C(=O)Cc3ccccc3CN)CC2)c1. The summed E-state index contributed by atoms with van der Waals surface area (Å²) >= 11 is 0. The van der Waals surface area contributed by atoms with Crippen molar-refractivity contribution >= 4 is 17.7 Å². The summed E-state index contributed by atoms with van der Waals surface area (Å²) in [7, 11) is 1.29. The van der Waals surface area contributed by atoms with Crippen LogP contribution in [-0.2, 0) is 27.3 Å². The van der Waals surface area contributed by atoms with E-state index in [0.717, 1.165) is 11.1 Å². The van der Waals surface area contributed by atoms with Gasteiger partial charge in [0, 0.05) is 32.0 Å². The molecular weight excluding hydrogens is 384 g/mol. The molecule has 0 bridgehead atoms. The third-order valence-electron chi connectivity index (χ3n) is 5.34. The van der Waals surface area contributed by atoms with Crippen LogP contribution in [0.25, 0.3) is 0 Å². The number of carbonyl (C=O) groups is 3. The Balaban J connectivity index is 1.52. The van der Waals surface area contributed by atoms with Gasteiger partial charge in [-0.05, 0) is 42.2 Å². The molecule has 1 fully saturated rings. The van der Waals surface area contributed by atoms with Gasteiger partial charge in [0.2, 0.25) is 0 Å². The number of Topliss-reactive ketones (excluding diaryl/α,β-unsaturated/α-hetero) is 1. The minimum Gasteiger partial charge on any atom is -0.465 e. The Hall–Kier alpha value is -3.03. The number of nitrogens with two attached hydrogens (primary N) is 1. The molecule has 2 N–H and O–H groups in total.